The van der Waals surface area contributed by atoms with Crippen molar-refractivity contribution >= 4 is 46.0 Å². The van der Waals surface area contributed by atoms with E-state index in [1.165, 1.54) is 32.4 Å². The number of pyridine rings is 1. The van der Waals surface area contributed by atoms with E-state index in [4.69, 9.17) is 27.9 Å². The number of carbonyl (C=O) groups excluding carboxylic acids is 1. The minimum atomic E-state index is -0.563. The molecule has 0 radical (unpaired) electrons. The molecule has 2 aromatic heterocycles. The first-order chi connectivity index (χ1) is 11.1. The molecule has 1 aliphatic carbocycles. The van der Waals surface area contributed by atoms with Crippen molar-refractivity contribution in [3.8, 4) is 0 Å². The molecule has 1 fully saturated rings. The van der Waals surface area contributed by atoms with Gasteiger partial charge in [0.25, 0.3) is 0 Å². The van der Waals surface area contributed by atoms with E-state index in [0.29, 0.717) is 22.9 Å². The van der Waals surface area contributed by atoms with Crippen LogP contribution in [0.2, 0.25) is 10.3 Å². The highest BCUT2D eigenvalue weighted by Gasteiger charge is 2.20. The number of esters is 1. The van der Waals surface area contributed by atoms with E-state index >= 15 is 0 Å². The van der Waals surface area contributed by atoms with Gasteiger partial charge in [-0.1, -0.05) is 30.9 Å². The van der Waals surface area contributed by atoms with Crippen LogP contribution in [0.5, 0.6) is 0 Å². The van der Waals surface area contributed by atoms with Gasteiger partial charge in [0.05, 0.1) is 12.1 Å². The van der Waals surface area contributed by atoms with Crippen LogP contribution in [0.3, 0.4) is 0 Å². The van der Waals surface area contributed by atoms with Crippen molar-refractivity contribution in [2.75, 3.05) is 12.4 Å². The molecular weight excluding hydrogens is 339 g/mol. The summed E-state index contributed by atoms with van der Waals surface area (Å²) in [6.07, 6.45) is 5.73. The van der Waals surface area contributed by atoms with Gasteiger partial charge in [-0.05, 0) is 30.5 Å². The van der Waals surface area contributed by atoms with E-state index in [9.17, 15) is 4.79 Å². The third kappa shape index (κ3) is 3.48. The molecule has 1 saturated carbocycles. The Balaban J connectivity index is 2.07. The lowest BCUT2D eigenvalue weighted by atomic mass is 9.95. The summed E-state index contributed by atoms with van der Waals surface area (Å²) < 4.78 is 4.71. The summed E-state index contributed by atoms with van der Waals surface area (Å²) in [4.78, 5) is 24.4. The number of rotatable bonds is 3. The number of methoxy groups -OCH3 is 1. The fourth-order valence-electron chi connectivity index (χ4n) is 2.79. The van der Waals surface area contributed by atoms with Gasteiger partial charge in [0, 0.05) is 6.04 Å². The maximum atomic E-state index is 11.7. The number of hydrogen-bond donors (Lipinski definition) is 1. The van der Waals surface area contributed by atoms with Crippen LogP contribution >= 0.6 is 23.2 Å². The number of nitrogens with one attached hydrogen (secondary N) is 1. The van der Waals surface area contributed by atoms with Gasteiger partial charge in [0.2, 0.25) is 5.28 Å². The monoisotopic (exact) mass is 354 g/mol. The second-order valence-corrected chi connectivity index (χ2v) is 6.24. The summed E-state index contributed by atoms with van der Waals surface area (Å²) in [6.45, 7) is 0. The zero-order valence-corrected chi connectivity index (χ0v) is 14.1. The highest BCUT2D eigenvalue weighted by atomic mass is 35.5. The number of fused-ring (bicyclic) bond motifs is 1. The molecule has 0 bridgehead atoms. The summed E-state index contributed by atoms with van der Waals surface area (Å²) in [7, 11) is 1.29. The molecule has 2 aromatic rings. The van der Waals surface area contributed by atoms with Crippen molar-refractivity contribution in [2.24, 2.45) is 0 Å². The second-order valence-electron chi connectivity index (χ2n) is 5.50. The molecule has 1 aliphatic rings. The van der Waals surface area contributed by atoms with E-state index in [1.807, 2.05) is 0 Å². The summed E-state index contributed by atoms with van der Waals surface area (Å²) in [5.41, 5.74) is 0.952. The average Bonchev–Trinajstić information content (AvgIpc) is 2.55. The zero-order valence-electron chi connectivity index (χ0n) is 12.6. The number of anilines is 1. The third-order valence-corrected chi connectivity index (χ3v) is 4.38. The zero-order chi connectivity index (χ0) is 16.4. The molecule has 3 rings (SSSR count). The molecule has 2 heterocycles. The van der Waals surface area contributed by atoms with Crippen LogP contribution in [0, 0.1) is 0 Å². The quantitative estimate of drug-likeness (QED) is 0.665. The molecule has 0 amide bonds. The smallest absolute Gasteiger partial charge is 0.356 e. The van der Waals surface area contributed by atoms with Crippen LogP contribution in [0.15, 0.2) is 6.07 Å². The highest BCUT2D eigenvalue weighted by Crippen LogP contribution is 2.29. The van der Waals surface area contributed by atoms with Crippen LogP contribution in [-0.4, -0.2) is 34.1 Å². The van der Waals surface area contributed by atoms with E-state index in [1.54, 1.807) is 0 Å². The Morgan fingerprint density at radius 2 is 1.91 bits per heavy atom. The van der Waals surface area contributed by atoms with E-state index in [-0.39, 0.29) is 16.0 Å². The van der Waals surface area contributed by atoms with Crippen LogP contribution in [-0.2, 0) is 4.74 Å². The number of carbonyl (C=O) groups is 1. The molecule has 23 heavy (non-hydrogen) atoms. The summed E-state index contributed by atoms with van der Waals surface area (Å²) >= 11 is 12.2. The molecule has 0 aromatic carbocycles. The van der Waals surface area contributed by atoms with Gasteiger partial charge in [-0.25, -0.2) is 14.8 Å². The molecule has 0 aliphatic heterocycles. The molecule has 0 atom stereocenters. The van der Waals surface area contributed by atoms with Crippen molar-refractivity contribution in [1.29, 1.82) is 0 Å². The number of ether oxygens (including phenoxy) is 1. The third-order valence-electron chi connectivity index (χ3n) is 3.92. The number of nitrogens with zero attached hydrogens (tertiary/aromatic N) is 3. The molecule has 0 spiro atoms. The van der Waals surface area contributed by atoms with Crippen molar-refractivity contribution in [3.05, 3.63) is 22.1 Å². The first kappa shape index (κ1) is 16.2. The van der Waals surface area contributed by atoms with Gasteiger partial charge in [-0.2, -0.15) is 4.98 Å². The predicted octanol–water partition coefficient (Wildman–Crippen LogP) is 3.86. The first-order valence-electron chi connectivity index (χ1n) is 7.47. The topological polar surface area (TPSA) is 77.0 Å². The average molecular weight is 355 g/mol. The van der Waals surface area contributed by atoms with E-state index < -0.39 is 5.97 Å². The largest absolute Gasteiger partial charge is 0.464 e. The molecular formula is C15H16Cl2N4O2. The molecule has 6 nitrogen and oxygen atoms in total. The number of halogens is 2. The minimum Gasteiger partial charge on any atom is -0.464 e. The first-order valence-corrected chi connectivity index (χ1v) is 8.22. The van der Waals surface area contributed by atoms with E-state index in [2.05, 4.69) is 20.3 Å². The van der Waals surface area contributed by atoms with Crippen LogP contribution in [0.25, 0.3) is 11.0 Å². The molecule has 122 valence electrons. The van der Waals surface area contributed by atoms with Crippen molar-refractivity contribution in [2.45, 2.75) is 38.1 Å². The van der Waals surface area contributed by atoms with Crippen molar-refractivity contribution in [1.82, 2.24) is 15.0 Å². The molecule has 8 heteroatoms. The van der Waals surface area contributed by atoms with E-state index in [0.717, 1.165) is 12.8 Å². The normalized spacial score (nSPS) is 15.6. The Morgan fingerprint density at radius 3 is 2.61 bits per heavy atom. The molecule has 1 N–H and O–H groups in total. The number of aromatic nitrogens is 3. The lowest BCUT2D eigenvalue weighted by Crippen LogP contribution is -2.23. The summed E-state index contributed by atoms with van der Waals surface area (Å²) in [5.74, 6) is -0.0630. The van der Waals surface area contributed by atoms with Gasteiger partial charge < -0.3 is 10.1 Å². The predicted molar refractivity (Wildman–Crippen MR) is 89.2 cm³/mol. The maximum Gasteiger partial charge on any atom is 0.356 e. The second kappa shape index (κ2) is 6.84. The minimum absolute atomic E-state index is 0.0883. The summed E-state index contributed by atoms with van der Waals surface area (Å²) in [5, 5.41) is 3.74. The lowest BCUT2D eigenvalue weighted by molar-refractivity contribution is 0.0594. The standard InChI is InChI=1S/C15H16Cl2N4O2/c1-23-14(22)10-7-9(16)11-12(19-10)13(21-15(17)20-11)18-8-5-3-2-4-6-8/h7-8H,2-6H2,1H3,(H,18,20,21). The number of hydrogen-bond acceptors (Lipinski definition) is 6. The van der Waals surface area contributed by atoms with Crippen LogP contribution in [0.1, 0.15) is 42.6 Å². The van der Waals surface area contributed by atoms with Crippen LogP contribution < -0.4 is 5.32 Å². The van der Waals surface area contributed by atoms with Gasteiger partial charge in [0.15, 0.2) is 11.5 Å². The van der Waals surface area contributed by atoms with Crippen molar-refractivity contribution in [3.63, 3.8) is 0 Å². The maximum absolute atomic E-state index is 11.7. The summed E-state index contributed by atoms with van der Waals surface area (Å²) in [6, 6.07) is 1.73. The highest BCUT2D eigenvalue weighted by molar-refractivity contribution is 6.36. The Kier molecular flexibility index (Phi) is 4.82. The Labute approximate surface area is 143 Å². The Hall–Kier alpha value is -1.66. The Morgan fingerprint density at radius 1 is 1.17 bits per heavy atom. The fourth-order valence-corrected chi connectivity index (χ4v) is 3.20. The fraction of sp³-hybridized carbons (Fsp3) is 0.467. The van der Waals surface area contributed by atoms with Crippen LogP contribution in [0.4, 0.5) is 5.82 Å². The molecule has 0 unspecified atom stereocenters. The van der Waals surface area contributed by atoms with Gasteiger partial charge in [-0.15, -0.1) is 0 Å². The van der Waals surface area contributed by atoms with Gasteiger partial charge in [-0.3, -0.25) is 0 Å². The molecule has 0 saturated heterocycles. The van der Waals surface area contributed by atoms with Gasteiger partial charge >= 0.3 is 5.97 Å². The Bertz CT molecular complexity index is 748. The SMILES string of the molecule is COC(=O)c1cc(Cl)c2nc(Cl)nc(NC3CCCCC3)c2n1. The lowest BCUT2D eigenvalue weighted by Gasteiger charge is -2.23. The van der Waals surface area contributed by atoms with Crippen molar-refractivity contribution < 1.29 is 9.53 Å². The van der Waals surface area contributed by atoms with Gasteiger partial charge in [0.1, 0.15) is 11.0 Å².